The van der Waals surface area contributed by atoms with Crippen LogP contribution in [0.15, 0.2) is 36.5 Å². The molecule has 1 N–H and O–H groups in total. The van der Waals surface area contributed by atoms with Crippen LogP contribution in [0.25, 0.3) is 0 Å². The minimum Gasteiger partial charge on any atom is -0.482 e. The van der Waals surface area contributed by atoms with Gasteiger partial charge in [0.2, 0.25) is 0 Å². The van der Waals surface area contributed by atoms with Crippen LogP contribution >= 0.6 is 0 Å². The second-order valence-corrected chi connectivity index (χ2v) is 4.80. The highest BCUT2D eigenvalue weighted by atomic mass is 16.5. The molecular formula is C16H18N2O2. The first-order valence-corrected chi connectivity index (χ1v) is 6.47. The van der Waals surface area contributed by atoms with Gasteiger partial charge < -0.3 is 10.1 Å². The molecule has 0 spiro atoms. The summed E-state index contributed by atoms with van der Waals surface area (Å²) in [6.45, 7) is 5.81. The number of rotatable bonds is 4. The van der Waals surface area contributed by atoms with E-state index in [1.165, 1.54) is 0 Å². The maximum absolute atomic E-state index is 11.9. The van der Waals surface area contributed by atoms with Gasteiger partial charge in [0, 0.05) is 11.9 Å². The van der Waals surface area contributed by atoms with Crippen LogP contribution in [-0.2, 0) is 4.79 Å². The number of ether oxygens (including phenoxy) is 1. The van der Waals surface area contributed by atoms with Gasteiger partial charge in [0.05, 0.1) is 5.69 Å². The Morgan fingerprint density at radius 2 is 1.90 bits per heavy atom. The fourth-order valence-corrected chi connectivity index (χ4v) is 2.01. The van der Waals surface area contributed by atoms with E-state index in [9.17, 15) is 4.79 Å². The molecule has 0 aliphatic heterocycles. The summed E-state index contributed by atoms with van der Waals surface area (Å²) in [4.78, 5) is 16.0. The summed E-state index contributed by atoms with van der Waals surface area (Å²) in [6, 6.07) is 9.50. The number of aromatic nitrogens is 1. The minimum absolute atomic E-state index is 0.0283. The lowest BCUT2D eigenvalue weighted by atomic mass is 10.1. The van der Waals surface area contributed by atoms with Crippen LogP contribution in [0.4, 0.5) is 5.69 Å². The predicted octanol–water partition coefficient (Wildman–Crippen LogP) is 3.02. The van der Waals surface area contributed by atoms with Crippen molar-refractivity contribution in [3.8, 4) is 5.75 Å². The first kappa shape index (κ1) is 14.1. The summed E-state index contributed by atoms with van der Waals surface area (Å²) < 4.78 is 5.46. The molecule has 2 rings (SSSR count). The van der Waals surface area contributed by atoms with Crippen LogP contribution in [-0.4, -0.2) is 17.5 Å². The Hall–Kier alpha value is -2.36. The van der Waals surface area contributed by atoms with E-state index in [1.54, 1.807) is 18.3 Å². The summed E-state index contributed by atoms with van der Waals surface area (Å²) in [5.41, 5.74) is 3.79. The van der Waals surface area contributed by atoms with Crippen LogP contribution in [0.1, 0.15) is 16.8 Å². The van der Waals surface area contributed by atoms with Gasteiger partial charge in [-0.2, -0.15) is 0 Å². The summed E-state index contributed by atoms with van der Waals surface area (Å²) in [5, 5.41) is 2.83. The maximum Gasteiger partial charge on any atom is 0.262 e. The van der Waals surface area contributed by atoms with Gasteiger partial charge in [0.15, 0.2) is 6.61 Å². The predicted molar refractivity (Wildman–Crippen MR) is 79.0 cm³/mol. The molecular weight excluding hydrogens is 252 g/mol. The van der Waals surface area contributed by atoms with Gasteiger partial charge in [-0.15, -0.1) is 0 Å². The molecule has 1 aromatic heterocycles. The molecule has 0 aliphatic rings. The van der Waals surface area contributed by atoms with Crippen molar-refractivity contribution >= 4 is 11.6 Å². The monoisotopic (exact) mass is 270 g/mol. The van der Waals surface area contributed by atoms with Gasteiger partial charge in [-0.3, -0.25) is 9.78 Å². The minimum atomic E-state index is -0.182. The summed E-state index contributed by atoms with van der Waals surface area (Å²) in [7, 11) is 0. The highest BCUT2D eigenvalue weighted by Crippen LogP contribution is 2.15. The molecule has 104 valence electrons. The molecule has 4 nitrogen and oxygen atoms in total. The standard InChI is InChI=1S/C16H18N2O2/c1-11-7-12(2)9-14(8-11)18-16(19)10-20-15-5-4-6-17-13(15)3/h4-9H,10H2,1-3H3,(H,18,19). The molecule has 4 heteroatoms. The Balaban J connectivity index is 1.94. The van der Waals surface area contributed by atoms with Gasteiger partial charge in [0.25, 0.3) is 5.91 Å². The van der Waals surface area contributed by atoms with E-state index in [0.29, 0.717) is 5.75 Å². The fourth-order valence-electron chi connectivity index (χ4n) is 2.01. The van der Waals surface area contributed by atoms with E-state index in [1.807, 2.05) is 32.9 Å². The summed E-state index contributed by atoms with van der Waals surface area (Å²) >= 11 is 0. The number of aryl methyl sites for hydroxylation is 3. The summed E-state index contributed by atoms with van der Waals surface area (Å²) in [6.07, 6.45) is 1.69. The van der Waals surface area contributed by atoms with Crippen LogP contribution < -0.4 is 10.1 Å². The van der Waals surface area contributed by atoms with E-state index in [-0.39, 0.29) is 12.5 Å². The number of nitrogens with zero attached hydrogens (tertiary/aromatic N) is 1. The molecule has 0 unspecified atom stereocenters. The SMILES string of the molecule is Cc1cc(C)cc(NC(=O)COc2cccnc2C)c1. The highest BCUT2D eigenvalue weighted by Gasteiger charge is 2.06. The largest absolute Gasteiger partial charge is 0.482 e. The lowest BCUT2D eigenvalue weighted by molar-refractivity contribution is -0.118. The molecule has 2 aromatic rings. The molecule has 0 radical (unpaired) electrons. The van der Waals surface area contributed by atoms with Crippen molar-refractivity contribution in [2.75, 3.05) is 11.9 Å². The number of carbonyl (C=O) groups is 1. The third-order valence-corrected chi connectivity index (χ3v) is 2.82. The van der Waals surface area contributed by atoms with E-state index >= 15 is 0 Å². The Labute approximate surface area is 118 Å². The summed E-state index contributed by atoms with van der Waals surface area (Å²) in [5.74, 6) is 0.446. The van der Waals surface area contributed by atoms with Crippen molar-refractivity contribution in [2.45, 2.75) is 20.8 Å². The van der Waals surface area contributed by atoms with Gasteiger partial charge >= 0.3 is 0 Å². The first-order chi connectivity index (χ1) is 9.54. The van der Waals surface area contributed by atoms with Crippen LogP contribution in [0, 0.1) is 20.8 Å². The Bertz CT molecular complexity index is 603. The number of amides is 1. The third kappa shape index (κ3) is 3.82. The molecule has 1 heterocycles. The number of hydrogen-bond acceptors (Lipinski definition) is 3. The zero-order chi connectivity index (χ0) is 14.5. The van der Waals surface area contributed by atoms with E-state index in [2.05, 4.69) is 16.4 Å². The fraction of sp³-hybridized carbons (Fsp3) is 0.250. The average molecular weight is 270 g/mol. The smallest absolute Gasteiger partial charge is 0.262 e. The number of hydrogen-bond donors (Lipinski definition) is 1. The van der Waals surface area contributed by atoms with Crippen LogP contribution in [0.2, 0.25) is 0 Å². The van der Waals surface area contributed by atoms with Gasteiger partial charge in [-0.1, -0.05) is 6.07 Å². The lowest BCUT2D eigenvalue weighted by Crippen LogP contribution is -2.20. The number of nitrogens with one attached hydrogen (secondary N) is 1. The molecule has 0 fully saturated rings. The molecule has 0 bridgehead atoms. The zero-order valence-corrected chi connectivity index (χ0v) is 11.9. The molecule has 1 amide bonds. The molecule has 20 heavy (non-hydrogen) atoms. The van der Waals surface area contributed by atoms with Crippen molar-refractivity contribution in [1.82, 2.24) is 4.98 Å². The number of anilines is 1. The van der Waals surface area contributed by atoms with Gasteiger partial charge in [-0.05, 0) is 56.2 Å². The van der Waals surface area contributed by atoms with Crippen LogP contribution in [0.5, 0.6) is 5.75 Å². The van der Waals surface area contributed by atoms with Crippen molar-refractivity contribution < 1.29 is 9.53 Å². The van der Waals surface area contributed by atoms with Gasteiger partial charge in [-0.25, -0.2) is 0 Å². The molecule has 0 atom stereocenters. The van der Waals surface area contributed by atoms with Gasteiger partial charge in [0.1, 0.15) is 5.75 Å². The molecule has 0 saturated heterocycles. The molecule has 1 aromatic carbocycles. The van der Waals surface area contributed by atoms with Crippen molar-refractivity contribution in [3.63, 3.8) is 0 Å². The Morgan fingerprint density at radius 1 is 1.20 bits per heavy atom. The van der Waals surface area contributed by atoms with E-state index in [4.69, 9.17) is 4.74 Å². The first-order valence-electron chi connectivity index (χ1n) is 6.47. The second-order valence-electron chi connectivity index (χ2n) is 4.80. The quantitative estimate of drug-likeness (QED) is 0.929. The van der Waals surface area contributed by atoms with Crippen molar-refractivity contribution in [3.05, 3.63) is 53.3 Å². The molecule has 0 saturated carbocycles. The lowest BCUT2D eigenvalue weighted by Gasteiger charge is -2.10. The highest BCUT2D eigenvalue weighted by molar-refractivity contribution is 5.92. The van der Waals surface area contributed by atoms with E-state index < -0.39 is 0 Å². The normalized spacial score (nSPS) is 10.2. The van der Waals surface area contributed by atoms with Crippen molar-refractivity contribution in [1.29, 1.82) is 0 Å². The maximum atomic E-state index is 11.9. The Kier molecular flexibility index (Phi) is 4.35. The second kappa shape index (κ2) is 6.19. The number of pyridine rings is 1. The number of carbonyl (C=O) groups excluding carboxylic acids is 1. The average Bonchev–Trinajstić information content (AvgIpc) is 2.36. The Morgan fingerprint density at radius 3 is 2.55 bits per heavy atom. The third-order valence-electron chi connectivity index (χ3n) is 2.82. The van der Waals surface area contributed by atoms with Crippen LogP contribution in [0.3, 0.4) is 0 Å². The number of benzene rings is 1. The van der Waals surface area contributed by atoms with Crippen molar-refractivity contribution in [2.24, 2.45) is 0 Å². The van der Waals surface area contributed by atoms with E-state index in [0.717, 1.165) is 22.5 Å². The molecule has 0 aliphatic carbocycles. The topological polar surface area (TPSA) is 51.2 Å². The zero-order valence-electron chi connectivity index (χ0n) is 11.9.